The highest BCUT2D eigenvalue weighted by Crippen LogP contribution is 2.07. The molecule has 5 heteroatoms. The highest BCUT2D eigenvalue weighted by atomic mass is 32.1. The third-order valence-electron chi connectivity index (χ3n) is 2.34. The molecule has 1 heterocycles. The van der Waals surface area contributed by atoms with E-state index in [0.717, 1.165) is 11.3 Å². The Morgan fingerprint density at radius 3 is 2.44 bits per heavy atom. The van der Waals surface area contributed by atoms with E-state index < -0.39 is 0 Å². The van der Waals surface area contributed by atoms with Gasteiger partial charge in [-0.15, -0.1) is 0 Å². The van der Waals surface area contributed by atoms with Crippen molar-refractivity contribution in [3.05, 3.63) is 60.2 Å². The number of pyridine rings is 1. The van der Waals surface area contributed by atoms with Gasteiger partial charge in [0.15, 0.2) is 17.5 Å². The highest BCUT2D eigenvalue weighted by Gasteiger charge is 1.99. The second kappa shape index (κ2) is 6.07. The van der Waals surface area contributed by atoms with E-state index in [0.29, 0.717) is 11.7 Å². The molecule has 0 aliphatic rings. The van der Waals surface area contributed by atoms with Crippen molar-refractivity contribution < 1.29 is 9.37 Å². The summed E-state index contributed by atoms with van der Waals surface area (Å²) in [5.41, 5.74) is 1.88. The fourth-order valence-electron chi connectivity index (χ4n) is 1.43. The number of rotatable bonds is 3. The molecule has 3 N–H and O–H groups in total. The summed E-state index contributed by atoms with van der Waals surface area (Å²) in [5.74, 6) is -0.264. The molecular formula is C13H13FN3S+. The maximum Gasteiger partial charge on any atom is 0.171 e. The Kier molecular flexibility index (Phi) is 4.20. The molecule has 18 heavy (non-hydrogen) atoms. The molecule has 0 bridgehead atoms. The van der Waals surface area contributed by atoms with Gasteiger partial charge >= 0.3 is 0 Å². The van der Waals surface area contributed by atoms with E-state index in [9.17, 15) is 4.39 Å². The first-order valence-corrected chi connectivity index (χ1v) is 5.90. The van der Waals surface area contributed by atoms with Crippen LogP contribution in [-0.4, -0.2) is 5.11 Å². The predicted octanol–water partition coefficient (Wildman–Crippen LogP) is 2.13. The third-order valence-corrected chi connectivity index (χ3v) is 2.59. The molecule has 1 aromatic carbocycles. The Balaban J connectivity index is 1.84. The van der Waals surface area contributed by atoms with Crippen LogP contribution in [0.2, 0.25) is 0 Å². The molecule has 92 valence electrons. The molecule has 0 unspecified atom stereocenters. The van der Waals surface area contributed by atoms with Crippen LogP contribution in [0.15, 0.2) is 48.8 Å². The second-order valence-electron chi connectivity index (χ2n) is 3.72. The standard InChI is InChI=1S/C13H12FN3S/c14-11-1-3-12(4-2-11)17-13(18)16-9-10-5-7-15-8-6-10/h1-8H,9H2,(H2,16,17,18)/p+1. The molecule has 0 atom stereocenters. The first-order valence-electron chi connectivity index (χ1n) is 5.49. The van der Waals surface area contributed by atoms with Crippen LogP contribution in [0.4, 0.5) is 10.1 Å². The highest BCUT2D eigenvalue weighted by molar-refractivity contribution is 7.80. The normalized spacial score (nSPS) is 9.83. The Morgan fingerprint density at radius 1 is 1.11 bits per heavy atom. The number of aromatic amines is 1. The van der Waals surface area contributed by atoms with Crippen molar-refractivity contribution in [1.29, 1.82) is 0 Å². The van der Waals surface area contributed by atoms with Crippen molar-refractivity contribution in [2.75, 3.05) is 5.32 Å². The van der Waals surface area contributed by atoms with Gasteiger partial charge in [-0.2, -0.15) is 0 Å². The van der Waals surface area contributed by atoms with Gasteiger partial charge in [0.05, 0.1) is 0 Å². The number of thiocarbonyl (C=S) groups is 1. The van der Waals surface area contributed by atoms with Crippen LogP contribution in [0.1, 0.15) is 5.56 Å². The Morgan fingerprint density at radius 2 is 1.78 bits per heavy atom. The van der Waals surface area contributed by atoms with Gasteiger partial charge in [-0.25, -0.2) is 9.37 Å². The molecule has 0 spiro atoms. The van der Waals surface area contributed by atoms with E-state index in [4.69, 9.17) is 12.2 Å². The molecule has 2 rings (SSSR count). The topological polar surface area (TPSA) is 38.2 Å². The SMILES string of the molecule is Fc1ccc(NC(=S)NCc2cc[nH+]cc2)cc1. The van der Waals surface area contributed by atoms with E-state index in [1.165, 1.54) is 12.1 Å². The zero-order valence-electron chi connectivity index (χ0n) is 9.61. The van der Waals surface area contributed by atoms with Crippen molar-refractivity contribution in [2.45, 2.75) is 6.54 Å². The summed E-state index contributed by atoms with van der Waals surface area (Å²) in [6, 6.07) is 9.98. The maximum absolute atomic E-state index is 12.7. The third kappa shape index (κ3) is 3.78. The molecule has 0 fully saturated rings. The zero-order chi connectivity index (χ0) is 12.8. The molecule has 0 saturated heterocycles. The number of H-pyrrole nitrogens is 1. The first kappa shape index (κ1) is 12.4. The van der Waals surface area contributed by atoms with Gasteiger partial charge in [-0.05, 0) is 42.0 Å². The minimum absolute atomic E-state index is 0.264. The van der Waals surface area contributed by atoms with Gasteiger partial charge in [0.25, 0.3) is 0 Å². The average molecular weight is 262 g/mol. The average Bonchev–Trinajstić information content (AvgIpc) is 2.40. The Hall–Kier alpha value is -2.01. The van der Waals surface area contributed by atoms with Crippen LogP contribution >= 0.6 is 12.2 Å². The summed E-state index contributed by atoms with van der Waals surface area (Å²) in [6.07, 6.45) is 3.71. The number of hydrogen-bond acceptors (Lipinski definition) is 1. The monoisotopic (exact) mass is 262 g/mol. The first-order chi connectivity index (χ1) is 8.74. The number of nitrogens with one attached hydrogen (secondary N) is 3. The van der Waals surface area contributed by atoms with Gasteiger partial charge in [0.2, 0.25) is 0 Å². The summed E-state index contributed by atoms with van der Waals surface area (Å²) >= 11 is 5.14. The summed E-state index contributed by atoms with van der Waals surface area (Å²) in [5, 5.41) is 6.57. The lowest BCUT2D eigenvalue weighted by Gasteiger charge is -2.09. The fourth-order valence-corrected chi connectivity index (χ4v) is 1.62. The molecule has 2 aromatic rings. The number of benzene rings is 1. The van der Waals surface area contributed by atoms with E-state index in [-0.39, 0.29) is 5.82 Å². The number of anilines is 1. The lowest BCUT2D eigenvalue weighted by Crippen LogP contribution is -2.28. The minimum Gasteiger partial charge on any atom is -0.358 e. The van der Waals surface area contributed by atoms with Crippen LogP contribution in [0, 0.1) is 5.82 Å². The van der Waals surface area contributed by atoms with Gasteiger partial charge in [0.1, 0.15) is 5.82 Å². The molecular weight excluding hydrogens is 249 g/mol. The predicted molar refractivity (Wildman–Crippen MR) is 72.5 cm³/mol. The summed E-state index contributed by atoms with van der Waals surface area (Å²) in [4.78, 5) is 2.95. The van der Waals surface area contributed by atoms with Crippen LogP contribution in [0.25, 0.3) is 0 Å². The Bertz CT molecular complexity index is 514. The largest absolute Gasteiger partial charge is 0.358 e. The smallest absolute Gasteiger partial charge is 0.171 e. The maximum atomic E-state index is 12.7. The van der Waals surface area contributed by atoms with E-state index >= 15 is 0 Å². The van der Waals surface area contributed by atoms with Crippen LogP contribution in [0.3, 0.4) is 0 Å². The molecule has 0 aliphatic heterocycles. The number of hydrogen-bond donors (Lipinski definition) is 2. The summed E-state index contributed by atoms with van der Waals surface area (Å²) in [7, 11) is 0. The van der Waals surface area contributed by atoms with Gasteiger partial charge in [0, 0.05) is 24.4 Å². The van der Waals surface area contributed by atoms with Crippen LogP contribution in [0.5, 0.6) is 0 Å². The second-order valence-corrected chi connectivity index (χ2v) is 4.13. The van der Waals surface area contributed by atoms with Crippen molar-refractivity contribution >= 4 is 23.0 Å². The number of aromatic nitrogens is 1. The fraction of sp³-hybridized carbons (Fsp3) is 0.0769. The van der Waals surface area contributed by atoms with Crippen molar-refractivity contribution in [3.8, 4) is 0 Å². The van der Waals surface area contributed by atoms with Crippen LogP contribution in [-0.2, 0) is 6.54 Å². The number of halogens is 1. The minimum atomic E-state index is -0.264. The van der Waals surface area contributed by atoms with Gasteiger partial charge in [-0.1, -0.05) is 0 Å². The van der Waals surface area contributed by atoms with E-state index in [2.05, 4.69) is 15.6 Å². The lowest BCUT2D eigenvalue weighted by molar-refractivity contribution is -0.378. The molecule has 1 aromatic heterocycles. The van der Waals surface area contributed by atoms with E-state index in [1.807, 2.05) is 24.5 Å². The molecule has 0 aliphatic carbocycles. The van der Waals surface area contributed by atoms with Crippen LogP contribution < -0.4 is 15.6 Å². The van der Waals surface area contributed by atoms with Crippen molar-refractivity contribution in [3.63, 3.8) is 0 Å². The zero-order valence-corrected chi connectivity index (χ0v) is 10.4. The molecule has 3 nitrogen and oxygen atoms in total. The van der Waals surface area contributed by atoms with Gasteiger partial charge in [-0.3, -0.25) is 0 Å². The van der Waals surface area contributed by atoms with E-state index in [1.54, 1.807) is 12.1 Å². The molecule has 0 radical (unpaired) electrons. The Labute approximate surface area is 110 Å². The van der Waals surface area contributed by atoms with Crippen molar-refractivity contribution in [2.24, 2.45) is 0 Å². The summed E-state index contributed by atoms with van der Waals surface area (Å²) in [6.45, 7) is 0.641. The molecule has 0 saturated carbocycles. The summed E-state index contributed by atoms with van der Waals surface area (Å²) < 4.78 is 12.7. The lowest BCUT2D eigenvalue weighted by atomic mass is 10.3. The quantitative estimate of drug-likeness (QED) is 0.832. The molecule has 0 amide bonds. The van der Waals surface area contributed by atoms with Crippen molar-refractivity contribution in [1.82, 2.24) is 5.32 Å². The van der Waals surface area contributed by atoms with Gasteiger partial charge < -0.3 is 10.6 Å².